The maximum atomic E-state index is 11.6. The minimum atomic E-state index is -0.836. The topological polar surface area (TPSA) is 64.3 Å². The third kappa shape index (κ3) is 2.56. The zero-order valence-corrected chi connectivity index (χ0v) is 10.9. The molecule has 1 N–H and O–H groups in total. The average Bonchev–Trinajstić information content (AvgIpc) is 2.78. The Labute approximate surface area is 107 Å². The molecule has 0 radical (unpaired) electrons. The zero-order valence-electron chi connectivity index (χ0n) is 10.9. The van der Waals surface area contributed by atoms with Gasteiger partial charge < -0.3 is 9.84 Å². The first kappa shape index (κ1) is 13.1. The van der Waals surface area contributed by atoms with Crippen molar-refractivity contribution in [1.82, 2.24) is 9.78 Å². The van der Waals surface area contributed by atoms with Gasteiger partial charge in [-0.1, -0.05) is 0 Å². The molecule has 0 atom stereocenters. The summed E-state index contributed by atoms with van der Waals surface area (Å²) in [5, 5.41) is 14.7. The normalized spacial score (nSPS) is 28.1. The van der Waals surface area contributed by atoms with Crippen LogP contribution >= 0.6 is 0 Å². The molecule has 2 rings (SSSR count). The van der Waals surface area contributed by atoms with E-state index < -0.39 is 5.60 Å². The van der Waals surface area contributed by atoms with Gasteiger partial charge in [0.05, 0.1) is 24.3 Å². The van der Waals surface area contributed by atoms with E-state index in [1.165, 1.54) is 0 Å². The highest BCUT2D eigenvalue weighted by Crippen LogP contribution is 2.39. The van der Waals surface area contributed by atoms with Crippen LogP contribution in [0.5, 0.6) is 0 Å². The smallest absolute Gasteiger partial charge is 0.308 e. The Balaban J connectivity index is 1.99. The number of carbonyl (C=O) groups excluding carboxylic acids is 1. The first-order valence-electron chi connectivity index (χ1n) is 6.43. The van der Waals surface area contributed by atoms with E-state index in [1.54, 1.807) is 10.9 Å². The molecule has 1 aliphatic carbocycles. The van der Waals surface area contributed by atoms with Crippen molar-refractivity contribution in [3.8, 4) is 0 Å². The van der Waals surface area contributed by atoms with Gasteiger partial charge in [-0.15, -0.1) is 0 Å². The molecule has 0 bridgehead atoms. The highest BCUT2D eigenvalue weighted by Gasteiger charge is 2.38. The molecule has 0 aromatic carbocycles. The lowest BCUT2D eigenvalue weighted by Crippen LogP contribution is -2.34. The fourth-order valence-corrected chi connectivity index (χ4v) is 2.54. The van der Waals surface area contributed by atoms with E-state index in [2.05, 4.69) is 5.10 Å². The van der Waals surface area contributed by atoms with Gasteiger partial charge in [-0.25, -0.2) is 0 Å². The maximum Gasteiger partial charge on any atom is 0.308 e. The number of rotatable bonds is 3. The van der Waals surface area contributed by atoms with Crippen molar-refractivity contribution >= 4 is 5.97 Å². The second-order valence-electron chi connectivity index (χ2n) is 4.96. The van der Waals surface area contributed by atoms with E-state index in [9.17, 15) is 9.90 Å². The molecule has 0 amide bonds. The van der Waals surface area contributed by atoms with Gasteiger partial charge in [-0.05, 0) is 32.6 Å². The second-order valence-corrected chi connectivity index (χ2v) is 4.96. The quantitative estimate of drug-likeness (QED) is 0.825. The molecule has 1 fully saturated rings. The van der Waals surface area contributed by atoms with Crippen LogP contribution in [-0.4, -0.2) is 27.5 Å². The number of ether oxygens (including phenoxy) is 1. The highest BCUT2D eigenvalue weighted by atomic mass is 16.5. The molecule has 0 spiro atoms. The van der Waals surface area contributed by atoms with Crippen molar-refractivity contribution in [2.45, 2.75) is 38.2 Å². The van der Waals surface area contributed by atoms with E-state index in [0.29, 0.717) is 32.3 Å². The van der Waals surface area contributed by atoms with Crippen LogP contribution in [0.3, 0.4) is 0 Å². The third-order valence-corrected chi connectivity index (χ3v) is 3.67. The number of hydrogen-bond donors (Lipinski definition) is 1. The number of aryl methyl sites for hydroxylation is 1. The summed E-state index contributed by atoms with van der Waals surface area (Å²) < 4.78 is 6.71. The van der Waals surface area contributed by atoms with E-state index in [4.69, 9.17) is 4.74 Å². The minimum absolute atomic E-state index is 0.0677. The number of carbonyl (C=O) groups is 1. The van der Waals surface area contributed by atoms with E-state index >= 15 is 0 Å². The van der Waals surface area contributed by atoms with Gasteiger partial charge in [0.1, 0.15) is 0 Å². The number of aromatic nitrogens is 2. The molecule has 1 heterocycles. The molecular formula is C13H20N2O3. The Morgan fingerprint density at radius 1 is 1.61 bits per heavy atom. The standard InChI is InChI=1S/C13H20N2O3/c1-3-18-12(16)10-4-6-13(17,7-5-10)11-8-14-15(2)9-11/h8-10,17H,3-7H2,1-2H3. The van der Waals surface area contributed by atoms with Gasteiger partial charge in [0.15, 0.2) is 0 Å². The minimum Gasteiger partial charge on any atom is -0.466 e. The molecule has 1 aromatic rings. The van der Waals surface area contributed by atoms with Crippen LogP contribution in [0.25, 0.3) is 0 Å². The summed E-state index contributed by atoms with van der Waals surface area (Å²) in [6, 6.07) is 0. The lowest BCUT2D eigenvalue weighted by atomic mass is 9.76. The van der Waals surface area contributed by atoms with Crippen LogP contribution in [0.4, 0.5) is 0 Å². The fourth-order valence-electron chi connectivity index (χ4n) is 2.54. The summed E-state index contributed by atoms with van der Waals surface area (Å²) >= 11 is 0. The van der Waals surface area contributed by atoms with Gasteiger partial charge in [0.25, 0.3) is 0 Å². The van der Waals surface area contributed by atoms with Crippen LogP contribution in [0.2, 0.25) is 0 Å². The maximum absolute atomic E-state index is 11.6. The van der Waals surface area contributed by atoms with E-state index in [0.717, 1.165) is 5.56 Å². The zero-order chi connectivity index (χ0) is 13.2. The molecule has 1 saturated carbocycles. The first-order chi connectivity index (χ1) is 8.55. The molecule has 5 heteroatoms. The van der Waals surface area contributed by atoms with Crippen LogP contribution < -0.4 is 0 Å². The van der Waals surface area contributed by atoms with E-state index in [1.807, 2.05) is 20.2 Å². The van der Waals surface area contributed by atoms with Gasteiger partial charge in [-0.3, -0.25) is 9.48 Å². The average molecular weight is 252 g/mol. The Kier molecular flexibility index (Phi) is 3.71. The van der Waals surface area contributed by atoms with Crippen LogP contribution in [-0.2, 0) is 22.2 Å². The van der Waals surface area contributed by atoms with Crippen molar-refractivity contribution in [2.24, 2.45) is 13.0 Å². The SMILES string of the molecule is CCOC(=O)C1CCC(O)(c2cnn(C)c2)CC1. The molecule has 18 heavy (non-hydrogen) atoms. The Morgan fingerprint density at radius 3 is 2.78 bits per heavy atom. The third-order valence-electron chi connectivity index (χ3n) is 3.67. The predicted octanol–water partition coefficient (Wildman–Crippen LogP) is 1.36. The monoisotopic (exact) mass is 252 g/mol. The lowest BCUT2D eigenvalue weighted by molar-refractivity contribution is -0.151. The fraction of sp³-hybridized carbons (Fsp3) is 0.692. The molecule has 0 saturated heterocycles. The Morgan fingerprint density at radius 2 is 2.28 bits per heavy atom. The number of esters is 1. The summed E-state index contributed by atoms with van der Waals surface area (Å²) in [6.45, 7) is 2.23. The molecule has 0 unspecified atom stereocenters. The van der Waals surface area contributed by atoms with Crippen molar-refractivity contribution in [2.75, 3.05) is 6.61 Å². The predicted molar refractivity (Wildman–Crippen MR) is 65.7 cm³/mol. The molecular weight excluding hydrogens is 232 g/mol. The number of nitrogens with zero attached hydrogens (tertiary/aromatic N) is 2. The van der Waals surface area contributed by atoms with Crippen molar-refractivity contribution < 1.29 is 14.6 Å². The van der Waals surface area contributed by atoms with Gasteiger partial charge >= 0.3 is 5.97 Å². The van der Waals surface area contributed by atoms with Crippen LogP contribution in [0.1, 0.15) is 38.2 Å². The van der Waals surface area contributed by atoms with Crippen molar-refractivity contribution in [1.29, 1.82) is 0 Å². The number of hydrogen-bond acceptors (Lipinski definition) is 4. The van der Waals surface area contributed by atoms with Gasteiger partial charge in [0.2, 0.25) is 0 Å². The van der Waals surface area contributed by atoms with E-state index in [-0.39, 0.29) is 11.9 Å². The van der Waals surface area contributed by atoms with Gasteiger partial charge in [0, 0.05) is 18.8 Å². The molecule has 0 aliphatic heterocycles. The highest BCUT2D eigenvalue weighted by molar-refractivity contribution is 5.72. The Bertz CT molecular complexity index is 420. The van der Waals surface area contributed by atoms with Crippen molar-refractivity contribution in [3.63, 3.8) is 0 Å². The lowest BCUT2D eigenvalue weighted by Gasteiger charge is -2.34. The Hall–Kier alpha value is -1.36. The second kappa shape index (κ2) is 5.10. The van der Waals surface area contributed by atoms with Crippen LogP contribution in [0.15, 0.2) is 12.4 Å². The summed E-state index contributed by atoms with van der Waals surface area (Å²) in [5.74, 6) is -0.201. The molecule has 1 aromatic heterocycles. The summed E-state index contributed by atoms with van der Waals surface area (Å²) in [5.41, 5.74) is 0.00404. The number of aliphatic hydroxyl groups is 1. The largest absolute Gasteiger partial charge is 0.466 e. The summed E-state index contributed by atoms with van der Waals surface area (Å²) in [6.07, 6.45) is 6.05. The molecule has 1 aliphatic rings. The van der Waals surface area contributed by atoms with Crippen LogP contribution in [0, 0.1) is 5.92 Å². The molecule has 5 nitrogen and oxygen atoms in total. The summed E-state index contributed by atoms with van der Waals surface area (Å²) in [7, 11) is 1.83. The summed E-state index contributed by atoms with van der Waals surface area (Å²) in [4.78, 5) is 11.6. The molecule has 100 valence electrons. The van der Waals surface area contributed by atoms with Gasteiger partial charge in [-0.2, -0.15) is 5.10 Å². The van der Waals surface area contributed by atoms with Crippen molar-refractivity contribution in [3.05, 3.63) is 18.0 Å². The first-order valence-corrected chi connectivity index (χ1v) is 6.43.